The maximum absolute atomic E-state index is 13.7. The first kappa shape index (κ1) is 19.8. The van der Waals surface area contributed by atoms with E-state index in [1.807, 2.05) is 0 Å². The zero-order chi connectivity index (χ0) is 19.4. The van der Waals surface area contributed by atoms with E-state index in [9.17, 15) is 14.0 Å². The molecule has 5 heteroatoms. The van der Waals surface area contributed by atoms with E-state index in [0.717, 1.165) is 25.7 Å². The Morgan fingerprint density at radius 1 is 1.19 bits per heavy atom. The third-order valence-electron chi connectivity index (χ3n) is 6.61. The highest BCUT2D eigenvalue weighted by atomic mass is 19.1. The molecule has 2 saturated carbocycles. The number of benzene rings is 1. The first-order chi connectivity index (χ1) is 12.9. The van der Waals surface area contributed by atoms with Crippen LogP contribution in [0.5, 0.6) is 0 Å². The Labute approximate surface area is 160 Å². The lowest BCUT2D eigenvalue weighted by Gasteiger charge is -2.34. The van der Waals surface area contributed by atoms with Crippen LogP contribution in [0.25, 0.3) is 0 Å². The summed E-state index contributed by atoms with van der Waals surface area (Å²) in [5, 5.41) is 3.03. The normalized spacial score (nSPS) is 27.1. The van der Waals surface area contributed by atoms with Gasteiger partial charge >= 0.3 is 5.97 Å². The van der Waals surface area contributed by atoms with Crippen LogP contribution in [0, 0.1) is 17.7 Å². The Kier molecular flexibility index (Phi) is 6.18. The second-order valence-electron chi connectivity index (χ2n) is 8.32. The third-order valence-corrected chi connectivity index (χ3v) is 6.61. The van der Waals surface area contributed by atoms with Crippen LogP contribution in [-0.2, 0) is 19.7 Å². The van der Waals surface area contributed by atoms with Gasteiger partial charge < -0.3 is 10.1 Å². The molecule has 0 spiro atoms. The van der Waals surface area contributed by atoms with Crippen molar-refractivity contribution in [3.05, 3.63) is 35.6 Å². The SMILES string of the molecule is C[C@@H]1[C@@H](C)CCC[C@H]1NC(=O)COC(=O)C1(c2cccc(F)c2)CCCC1. The van der Waals surface area contributed by atoms with Gasteiger partial charge in [0.25, 0.3) is 5.91 Å². The van der Waals surface area contributed by atoms with E-state index in [1.165, 1.54) is 18.6 Å². The Balaban J connectivity index is 1.61. The van der Waals surface area contributed by atoms with Crippen molar-refractivity contribution in [2.24, 2.45) is 11.8 Å². The first-order valence-corrected chi connectivity index (χ1v) is 10.1. The summed E-state index contributed by atoms with van der Waals surface area (Å²) in [7, 11) is 0. The molecule has 0 aromatic heterocycles. The molecular formula is C22H30FNO3. The molecule has 2 aliphatic rings. The molecule has 1 N–H and O–H groups in total. The topological polar surface area (TPSA) is 55.4 Å². The summed E-state index contributed by atoms with van der Waals surface area (Å²) in [4.78, 5) is 25.2. The van der Waals surface area contributed by atoms with Crippen molar-refractivity contribution >= 4 is 11.9 Å². The van der Waals surface area contributed by atoms with E-state index in [1.54, 1.807) is 12.1 Å². The second kappa shape index (κ2) is 8.41. The van der Waals surface area contributed by atoms with Crippen LogP contribution in [0.4, 0.5) is 4.39 Å². The van der Waals surface area contributed by atoms with Gasteiger partial charge in [-0.2, -0.15) is 0 Å². The molecule has 0 unspecified atom stereocenters. The minimum Gasteiger partial charge on any atom is -0.455 e. The maximum atomic E-state index is 13.7. The third kappa shape index (κ3) is 4.33. The average Bonchev–Trinajstić information content (AvgIpc) is 3.15. The summed E-state index contributed by atoms with van der Waals surface area (Å²) in [6, 6.07) is 6.33. The Morgan fingerprint density at radius 3 is 2.63 bits per heavy atom. The van der Waals surface area contributed by atoms with Crippen LogP contribution in [0.3, 0.4) is 0 Å². The maximum Gasteiger partial charge on any atom is 0.317 e. The number of nitrogens with one attached hydrogen (secondary N) is 1. The highest BCUT2D eigenvalue weighted by Crippen LogP contribution is 2.42. The lowest BCUT2D eigenvalue weighted by atomic mass is 9.78. The van der Waals surface area contributed by atoms with Crippen LogP contribution >= 0.6 is 0 Å². The fourth-order valence-electron chi connectivity index (χ4n) is 4.68. The fraction of sp³-hybridized carbons (Fsp3) is 0.636. The predicted octanol–water partition coefficient (Wildman–Crippen LogP) is 4.12. The Hall–Kier alpha value is -1.91. The molecule has 0 bridgehead atoms. The standard InChI is InChI=1S/C22H30FNO3/c1-15-7-5-10-19(16(15)2)24-20(25)14-27-21(26)22(11-3-4-12-22)17-8-6-9-18(23)13-17/h6,8-9,13,15-16,19H,3-5,7,10-12,14H2,1-2H3,(H,24,25)/t15-,16+,19+/m0/s1. The van der Waals surface area contributed by atoms with Crippen molar-refractivity contribution in [3.63, 3.8) is 0 Å². The van der Waals surface area contributed by atoms with Gasteiger partial charge in [-0.3, -0.25) is 9.59 Å². The lowest BCUT2D eigenvalue weighted by molar-refractivity contribution is -0.154. The number of rotatable bonds is 5. The predicted molar refractivity (Wildman–Crippen MR) is 102 cm³/mol. The van der Waals surface area contributed by atoms with Gasteiger partial charge in [-0.05, 0) is 48.8 Å². The van der Waals surface area contributed by atoms with Crippen LogP contribution in [0.1, 0.15) is 64.4 Å². The summed E-state index contributed by atoms with van der Waals surface area (Å²) < 4.78 is 19.1. The van der Waals surface area contributed by atoms with Gasteiger partial charge in [0.15, 0.2) is 6.61 Å². The van der Waals surface area contributed by atoms with Gasteiger partial charge in [0.1, 0.15) is 5.82 Å². The van der Waals surface area contributed by atoms with Crippen molar-refractivity contribution in [1.29, 1.82) is 0 Å². The quantitative estimate of drug-likeness (QED) is 0.788. The summed E-state index contributed by atoms with van der Waals surface area (Å²) in [5.74, 6) is -0.00886. The van der Waals surface area contributed by atoms with E-state index in [2.05, 4.69) is 19.2 Å². The largest absolute Gasteiger partial charge is 0.455 e. The summed E-state index contributed by atoms with van der Waals surface area (Å²) in [6.45, 7) is 4.11. The lowest BCUT2D eigenvalue weighted by Crippen LogP contribution is -2.46. The van der Waals surface area contributed by atoms with E-state index in [-0.39, 0.29) is 24.4 Å². The zero-order valence-electron chi connectivity index (χ0n) is 16.3. The molecular weight excluding hydrogens is 345 g/mol. The molecule has 2 aliphatic carbocycles. The number of hydrogen-bond acceptors (Lipinski definition) is 3. The number of halogens is 1. The average molecular weight is 375 g/mol. The van der Waals surface area contributed by atoms with E-state index in [4.69, 9.17) is 4.74 Å². The highest BCUT2D eigenvalue weighted by molar-refractivity contribution is 5.86. The summed E-state index contributed by atoms with van der Waals surface area (Å²) in [5.41, 5.74) is -0.171. The van der Waals surface area contributed by atoms with Crippen molar-refractivity contribution in [3.8, 4) is 0 Å². The van der Waals surface area contributed by atoms with Crippen molar-refractivity contribution in [1.82, 2.24) is 5.32 Å². The van der Waals surface area contributed by atoms with Gasteiger partial charge in [-0.15, -0.1) is 0 Å². The van der Waals surface area contributed by atoms with Crippen molar-refractivity contribution in [2.75, 3.05) is 6.61 Å². The van der Waals surface area contributed by atoms with E-state index >= 15 is 0 Å². The molecule has 0 heterocycles. The van der Waals surface area contributed by atoms with E-state index < -0.39 is 11.4 Å². The molecule has 1 aromatic rings. The number of ether oxygens (including phenoxy) is 1. The summed E-state index contributed by atoms with van der Waals surface area (Å²) in [6.07, 6.45) is 6.34. The van der Waals surface area contributed by atoms with Gasteiger partial charge in [-0.25, -0.2) is 4.39 Å². The smallest absolute Gasteiger partial charge is 0.317 e. The second-order valence-corrected chi connectivity index (χ2v) is 8.32. The summed E-state index contributed by atoms with van der Waals surface area (Å²) >= 11 is 0. The number of carbonyl (C=O) groups is 2. The number of amides is 1. The molecule has 3 atom stereocenters. The molecule has 2 fully saturated rings. The number of hydrogen-bond donors (Lipinski definition) is 1. The van der Waals surface area contributed by atoms with Crippen molar-refractivity contribution < 1.29 is 18.7 Å². The molecule has 4 nitrogen and oxygen atoms in total. The molecule has 1 aromatic carbocycles. The molecule has 0 radical (unpaired) electrons. The molecule has 3 rings (SSSR count). The molecule has 0 aliphatic heterocycles. The molecule has 148 valence electrons. The number of esters is 1. The minimum atomic E-state index is -0.824. The molecule has 1 amide bonds. The van der Waals surface area contributed by atoms with Gasteiger partial charge in [0.05, 0.1) is 5.41 Å². The van der Waals surface area contributed by atoms with Gasteiger partial charge in [0, 0.05) is 6.04 Å². The first-order valence-electron chi connectivity index (χ1n) is 10.1. The van der Waals surface area contributed by atoms with Crippen LogP contribution in [0.2, 0.25) is 0 Å². The monoisotopic (exact) mass is 375 g/mol. The van der Waals surface area contributed by atoms with Crippen LogP contribution in [-0.4, -0.2) is 24.5 Å². The van der Waals surface area contributed by atoms with Gasteiger partial charge in [-0.1, -0.05) is 51.7 Å². The highest BCUT2D eigenvalue weighted by Gasteiger charge is 2.44. The van der Waals surface area contributed by atoms with Crippen LogP contribution in [0.15, 0.2) is 24.3 Å². The Bertz CT molecular complexity index is 684. The van der Waals surface area contributed by atoms with Crippen molar-refractivity contribution in [2.45, 2.75) is 70.3 Å². The van der Waals surface area contributed by atoms with E-state index in [0.29, 0.717) is 30.2 Å². The van der Waals surface area contributed by atoms with Gasteiger partial charge in [0.2, 0.25) is 0 Å². The molecule has 27 heavy (non-hydrogen) atoms. The fourth-order valence-corrected chi connectivity index (χ4v) is 4.68. The van der Waals surface area contributed by atoms with Crippen LogP contribution < -0.4 is 5.32 Å². The minimum absolute atomic E-state index is 0.142. The molecule has 0 saturated heterocycles. The zero-order valence-corrected chi connectivity index (χ0v) is 16.3. The Morgan fingerprint density at radius 2 is 1.93 bits per heavy atom. The number of carbonyl (C=O) groups excluding carboxylic acids is 2.